The molecule has 0 unspecified atom stereocenters. The zero-order chi connectivity index (χ0) is 20.2. The molecule has 2 aromatic heterocycles. The van der Waals surface area contributed by atoms with Crippen LogP contribution in [0, 0.1) is 17.2 Å². The van der Waals surface area contributed by atoms with E-state index in [0.717, 1.165) is 24.8 Å². The Bertz CT molecular complexity index is 1060. The van der Waals surface area contributed by atoms with Crippen molar-refractivity contribution >= 4 is 28.6 Å². The molecule has 1 amide bonds. The van der Waals surface area contributed by atoms with Gasteiger partial charge in [0.15, 0.2) is 0 Å². The van der Waals surface area contributed by atoms with Gasteiger partial charge in [0.25, 0.3) is 0 Å². The van der Waals surface area contributed by atoms with Gasteiger partial charge in [-0.1, -0.05) is 18.2 Å². The smallest absolute Gasteiger partial charge is 0.224 e. The number of nitrogens with one attached hydrogen (secondary N) is 4. The molecule has 0 aliphatic heterocycles. The van der Waals surface area contributed by atoms with E-state index in [1.165, 1.54) is 17.1 Å². The van der Waals surface area contributed by atoms with E-state index in [1.54, 1.807) is 7.05 Å². The number of hydrogen-bond acceptors (Lipinski definition) is 6. The molecule has 2 heterocycles. The van der Waals surface area contributed by atoms with Crippen LogP contribution in [0.2, 0.25) is 0 Å². The molecule has 8 heteroatoms. The van der Waals surface area contributed by atoms with E-state index < -0.39 is 0 Å². The van der Waals surface area contributed by atoms with Gasteiger partial charge in [0, 0.05) is 42.7 Å². The third kappa shape index (κ3) is 3.99. The largest absolute Gasteiger partial charge is 0.366 e. The normalized spacial score (nSPS) is 17.9. The van der Waals surface area contributed by atoms with E-state index >= 15 is 0 Å². The van der Waals surface area contributed by atoms with E-state index in [9.17, 15) is 10.1 Å². The van der Waals surface area contributed by atoms with Gasteiger partial charge in [0.05, 0.1) is 6.20 Å². The number of nitrogens with zero attached hydrogens (tertiary/aromatic N) is 3. The number of carbonyl (C=O) groups excluding carboxylic acids is 1. The first kappa shape index (κ1) is 18.7. The second kappa shape index (κ2) is 8.19. The third-order valence-electron chi connectivity index (χ3n) is 5.36. The number of hydrogen-bond donors (Lipinski definition) is 4. The van der Waals surface area contributed by atoms with Crippen LogP contribution in [-0.2, 0) is 11.2 Å². The van der Waals surface area contributed by atoms with Crippen molar-refractivity contribution in [1.29, 1.82) is 5.26 Å². The summed E-state index contributed by atoms with van der Waals surface area (Å²) in [6, 6.07) is 10.5. The number of H-pyrrole nitrogens is 1. The minimum atomic E-state index is 0.0265. The predicted octanol–water partition coefficient (Wildman–Crippen LogP) is 2.42. The first-order valence-corrected chi connectivity index (χ1v) is 9.72. The van der Waals surface area contributed by atoms with E-state index in [2.05, 4.69) is 49.1 Å². The average Bonchev–Trinajstić information content (AvgIpc) is 3.13. The second-order valence-corrected chi connectivity index (χ2v) is 7.23. The van der Waals surface area contributed by atoms with Gasteiger partial charge in [0.2, 0.25) is 11.9 Å². The minimum absolute atomic E-state index is 0.0265. The van der Waals surface area contributed by atoms with Crippen LogP contribution in [0.3, 0.4) is 0 Å². The van der Waals surface area contributed by atoms with Gasteiger partial charge in [-0.25, -0.2) is 4.98 Å². The maximum Gasteiger partial charge on any atom is 0.224 e. The van der Waals surface area contributed by atoms with Crippen LogP contribution < -0.4 is 16.0 Å². The van der Waals surface area contributed by atoms with Crippen molar-refractivity contribution in [3.05, 3.63) is 47.8 Å². The lowest BCUT2D eigenvalue weighted by molar-refractivity contribution is -0.127. The van der Waals surface area contributed by atoms with Crippen LogP contribution in [0.25, 0.3) is 10.9 Å². The summed E-state index contributed by atoms with van der Waals surface area (Å²) < 4.78 is 0. The molecule has 8 nitrogen and oxygen atoms in total. The number of benzene rings is 1. The SMILES string of the molecule is CNC(=O)[C@H]1C[C@@H](Nc2nc(NCCc3c[nH]c4ccccc34)ncc2C#N)C1. The summed E-state index contributed by atoms with van der Waals surface area (Å²) in [5.41, 5.74) is 2.75. The number of para-hydroxylation sites is 1. The van der Waals surface area contributed by atoms with Gasteiger partial charge in [0.1, 0.15) is 17.5 Å². The van der Waals surface area contributed by atoms with Gasteiger partial charge in [-0.3, -0.25) is 4.79 Å². The fraction of sp³-hybridized carbons (Fsp3) is 0.333. The highest BCUT2D eigenvalue weighted by atomic mass is 16.1. The molecular weight excluding hydrogens is 366 g/mol. The average molecular weight is 389 g/mol. The van der Waals surface area contributed by atoms with Gasteiger partial charge < -0.3 is 20.9 Å². The molecule has 0 radical (unpaired) electrons. The monoisotopic (exact) mass is 389 g/mol. The summed E-state index contributed by atoms with van der Waals surface area (Å²) in [6.45, 7) is 0.676. The lowest BCUT2D eigenvalue weighted by Gasteiger charge is -2.34. The lowest BCUT2D eigenvalue weighted by Crippen LogP contribution is -2.43. The molecule has 0 saturated heterocycles. The van der Waals surface area contributed by atoms with Crippen molar-refractivity contribution in [1.82, 2.24) is 20.3 Å². The Kier molecular flexibility index (Phi) is 5.29. The maximum absolute atomic E-state index is 11.6. The van der Waals surface area contributed by atoms with Crippen molar-refractivity contribution in [3.63, 3.8) is 0 Å². The van der Waals surface area contributed by atoms with Crippen LogP contribution >= 0.6 is 0 Å². The van der Waals surface area contributed by atoms with Crippen molar-refractivity contribution in [3.8, 4) is 6.07 Å². The summed E-state index contributed by atoms with van der Waals surface area (Å²) in [5, 5.41) is 19.7. The quantitative estimate of drug-likeness (QED) is 0.493. The second-order valence-electron chi connectivity index (χ2n) is 7.23. The number of aromatic nitrogens is 3. The summed E-state index contributed by atoms with van der Waals surface area (Å²) in [7, 11) is 1.65. The molecular formula is C21H23N7O. The Hall–Kier alpha value is -3.60. The lowest BCUT2D eigenvalue weighted by atomic mass is 9.79. The van der Waals surface area contributed by atoms with Crippen molar-refractivity contribution < 1.29 is 4.79 Å². The van der Waals surface area contributed by atoms with Crippen LogP contribution in [0.5, 0.6) is 0 Å². The molecule has 3 aromatic rings. The number of rotatable bonds is 7. The molecule has 148 valence electrons. The van der Waals surface area contributed by atoms with Crippen LogP contribution in [0.1, 0.15) is 24.0 Å². The van der Waals surface area contributed by atoms with Crippen LogP contribution in [0.4, 0.5) is 11.8 Å². The standard InChI is InChI=1S/C21H23N7O/c1-23-20(29)14-8-16(9-14)27-19-15(10-22)12-26-21(28-19)24-7-6-13-11-25-18-5-3-2-4-17(13)18/h2-5,11-12,14,16,25H,6-9H2,1H3,(H,23,29)(H2,24,26,27,28)/t14-,16+. The maximum atomic E-state index is 11.6. The highest BCUT2D eigenvalue weighted by molar-refractivity contribution is 5.83. The fourth-order valence-electron chi connectivity index (χ4n) is 3.65. The highest BCUT2D eigenvalue weighted by Gasteiger charge is 2.34. The number of aromatic amines is 1. The van der Waals surface area contributed by atoms with E-state index in [1.807, 2.05) is 18.3 Å². The number of amides is 1. The van der Waals surface area contributed by atoms with Gasteiger partial charge in [-0.2, -0.15) is 10.2 Å². The van der Waals surface area contributed by atoms with Gasteiger partial charge in [-0.05, 0) is 30.9 Å². The fourth-order valence-corrected chi connectivity index (χ4v) is 3.65. The van der Waals surface area contributed by atoms with Crippen LogP contribution in [0.15, 0.2) is 36.7 Å². The Morgan fingerprint density at radius 2 is 2.17 bits per heavy atom. The Morgan fingerprint density at radius 1 is 1.34 bits per heavy atom. The molecule has 0 atom stereocenters. The number of fused-ring (bicyclic) bond motifs is 1. The molecule has 0 bridgehead atoms. The Labute approximate surface area is 168 Å². The Balaban J connectivity index is 1.37. The van der Waals surface area contributed by atoms with E-state index in [4.69, 9.17) is 0 Å². The summed E-state index contributed by atoms with van der Waals surface area (Å²) in [6.07, 6.45) is 5.85. The summed E-state index contributed by atoms with van der Waals surface area (Å²) in [5.74, 6) is 1.08. The van der Waals surface area contributed by atoms with Crippen molar-refractivity contribution in [2.24, 2.45) is 5.92 Å². The summed E-state index contributed by atoms with van der Waals surface area (Å²) >= 11 is 0. The molecule has 1 fully saturated rings. The molecule has 1 aromatic carbocycles. The molecule has 1 saturated carbocycles. The van der Waals surface area contributed by atoms with E-state index in [-0.39, 0.29) is 17.9 Å². The van der Waals surface area contributed by atoms with Gasteiger partial charge in [-0.15, -0.1) is 0 Å². The molecule has 4 N–H and O–H groups in total. The number of carbonyl (C=O) groups is 1. The van der Waals surface area contributed by atoms with Crippen molar-refractivity contribution in [2.45, 2.75) is 25.3 Å². The highest BCUT2D eigenvalue weighted by Crippen LogP contribution is 2.30. The third-order valence-corrected chi connectivity index (χ3v) is 5.36. The summed E-state index contributed by atoms with van der Waals surface area (Å²) in [4.78, 5) is 23.6. The first-order chi connectivity index (χ1) is 14.2. The zero-order valence-electron chi connectivity index (χ0n) is 16.2. The number of anilines is 2. The van der Waals surface area contributed by atoms with E-state index in [0.29, 0.717) is 23.9 Å². The molecule has 0 spiro atoms. The first-order valence-electron chi connectivity index (χ1n) is 9.72. The number of nitriles is 1. The predicted molar refractivity (Wildman–Crippen MR) is 111 cm³/mol. The molecule has 29 heavy (non-hydrogen) atoms. The Morgan fingerprint density at radius 3 is 2.97 bits per heavy atom. The minimum Gasteiger partial charge on any atom is -0.366 e. The van der Waals surface area contributed by atoms with Crippen molar-refractivity contribution in [2.75, 3.05) is 24.2 Å². The topological polar surface area (TPSA) is 119 Å². The molecule has 4 rings (SSSR count). The van der Waals surface area contributed by atoms with Gasteiger partial charge >= 0.3 is 0 Å². The molecule has 1 aliphatic carbocycles. The molecule has 1 aliphatic rings. The van der Waals surface area contributed by atoms with Crippen LogP contribution in [-0.4, -0.2) is 40.5 Å². The zero-order valence-corrected chi connectivity index (χ0v) is 16.2.